The molecule has 2 aliphatic heterocycles. The number of aromatic hydroxyl groups is 1. The van der Waals surface area contributed by atoms with Crippen molar-refractivity contribution in [1.82, 2.24) is 8.87 Å². The van der Waals surface area contributed by atoms with E-state index in [9.17, 15) is 13.5 Å². The molecule has 2 aromatic rings. The van der Waals surface area contributed by atoms with E-state index in [2.05, 4.69) is 9.56 Å². The van der Waals surface area contributed by atoms with Crippen LogP contribution in [0.4, 0.5) is 5.82 Å². The number of aromatic nitrogens is 1. The van der Waals surface area contributed by atoms with Gasteiger partial charge in [0.15, 0.2) is 11.6 Å². The van der Waals surface area contributed by atoms with Gasteiger partial charge in [0.05, 0.1) is 17.0 Å². The average Bonchev–Trinajstić information content (AvgIpc) is 3.32. The van der Waals surface area contributed by atoms with E-state index in [1.807, 2.05) is 12.3 Å². The van der Waals surface area contributed by atoms with E-state index in [0.717, 1.165) is 37.7 Å². The SMILES string of the molecule is COC[C@@H]1CCCN1S(=O)(=O)c1ccc2c(c1)c(O)c1n2CC2(C=N1)CCCCC2. The van der Waals surface area contributed by atoms with Crippen LogP contribution in [-0.4, -0.2) is 54.9 Å². The number of aliphatic imine (C=N–C) groups is 1. The summed E-state index contributed by atoms with van der Waals surface area (Å²) in [5, 5.41) is 11.4. The van der Waals surface area contributed by atoms with Gasteiger partial charge in [0, 0.05) is 43.3 Å². The molecule has 0 radical (unpaired) electrons. The predicted molar refractivity (Wildman–Crippen MR) is 116 cm³/mol. The lowest BCUT2D eigenvalue weighted by Crippen LogP contribution is -2.38. The Morgan fingerprint density at radius 3 is 2.80 bits per heavy atom. The maximum atomic E-state index is 13.3. The van der Waals surface area contributed by atoms with Gasteiger partial charge in [-0.1, -0.05) is 19.3 Å². The van der Waals surface area contributed by atoms with Gasteiger partial charge in [0.25, 0.3) is 0 Å². The quantitative estimate of drug-likeness (QED) is 0.798. The Kier molecular flexibility index (Phi) is 4.91. The van der Waals surface area contributed by atoms with Gasteiger partial charge in [-0.05, 0) is 43.9 Å². The summed E-state index contributed by atoms with van der Waals surface area (Å²) in [5.74, 6) is 0.605. The Hall–Kier alpha value is -1.90. The molecule has 5 rings (SSSR count). The highest BCUT2D eigenvalue weighted by Crippen LogP contribution is 2.47. The van der Waals surface area contributed by atoms with Crippen LogP contribution in [0.15, 0.2) is 28.1 Å². The first kappa shape index (κ1) is 20.0. The second-order valence-electron chi connectivity index (χ2n) is 8.99. The molecule has 0 unspecified atom stereocenters. The van der Waals surface area contributed by atoms with Crippen molar-refractivity contribution in [2.75, 3.05) is 20.3 Å². The minimum absolute atomic E-state index is 0.0529. The summed E-state index contributed by atoms with van der Waals surface area (Å²) in [4.78, 5) is 4.84. The van der Waals surface area contributed by atoms with Crippen LogP contribution in [0.3, 0.4) is 0 Å². The summed E-state index contributed by atoms with van der Waals surface area (Å²) in [6, 6.07) is 4.96. The number of nitrogens with zero attached hydrogens (tertiary/aromatic N) is 3. The number of sulfonamides is 1. The molecule has 1 atom stereocenters. The molecule has 2 fully saturated rings. The van der Waals surface area contributed by atoms with E-state index in [1.165, 1.54) is 19.3 Å². The van der Waals surface area contributed by atoms with E-state index < -0.39 is 10.0 Å². The van der Waals surface area contributed by atoms with E-state index in [0.29, 0.717) is 24.4 Å². The largest absolute Gasteiger partial charge is 0.504 e. The molecule has 7 nitrogen and oxygen atoms in total. The smallest absolute Gasteiger partial charge is 0.243 e. The number of fused-ring (bicyclic) bond motifs is 3. The molecular formula is C22H29N3O4S. The summed E-state index contributed by atoms with van der Waals surface area (Å²) < 4.78 is 35.5. The van der Waals surface area contributed by atoms with Crippen molar-refractivity contribution >= 4 is 33.0 Å². The number of hydrogen-bond acceptors (Lipinski definition) is 5. The summed E-state index contributed by atoms with van der Waals surface area (Å²) in [5.41, 5.74) is 0.898. The van der Waals surface area contributed by atoms with Crippen molar-refractivity contribution in [3.8, 4) is 5.75 Å². The number of methoxy groups -OCH3 is 1. The number of hydrogen-bond donors (Lipinski definition) is 1. The molecule has 1 spiro atoms. The molecule has 162 valence electrons. The van der Waals surface area contributed by atoms with Crippen LogP contribution < -0.4 is 0 Å². The molecule has 1 aliphatic carbocycles. The molecule has 0 amide bonds. The van der Waals surface area contributed by atoms with Gasteiger partial charge >= 0.3 is 0 Å². The van der Waals surface area contributed by atoms with Crippen LogP contribution >= 0.6 is 0 Å². The Morgan fingerprint density at radius 2 is 2.03 bits per heavy atom. The van der Waals surface area contributed by atoms with Crippen LogP contribution in [0, 0.1) is 5.41 Å². The molecule has 1 saturated carbocycles. The van der Waals surface area contributed by atoms with Crippen molar-refractivity contribution in [2.45, 2.75) is 62.4 Å². The highest BCUT2D eigenvalue weighted by molar-refractivity contribution is 7.89. The third-order valence-electron chi connectivity index (χ3n) is 7.05. The lowest BCUT2D eigenvalue weighted by molar-refractivity contribution is 0.149. The first-order valence-electron chi connectivity index (χ1n) is 10.9. The van der Waals surface area contributed by atoms with E-state index in [-0.39, 0.29) is 22.1 Å². The number of benzene rings is 1. The van der Waals surface area contributed by atoms with E-state index in [4.69, 9.17) is 4.74 Å². The van der Waals surface area contributed by atoms with Crippen molar-refractivity contribution in [2.24, 2.45) is 10.4 Å². The topological polar surface area (TPSA) is 84.1 Å². The zero-order valence-corrected chi connectivity index (χ0v) is 18.2. The third-order valence-corrected chi connectivity index (χ3v) is 9.00. The van der Waals surface area contributed by atoms with Crippen molar-refractivity contribution in [3.63, 3.8) is 0 Å². The summed E-state index contributed by atoms with van der Waals surface area (Å²) in [6.07, 6.45) is 9.55. The van der Waals surface area contributed by atoms with Gasteiger partial charge in [0.2, 0.25) is 10.0 Å². The van der Waals surface area contributed by atoms with Gasteiger partial charge in [-0.2, -0.15) is 4.31 Å². The van der Waals surface area contributed by atoms with E-state index in [1.54, 1.807) is 23.5 Å². The second-order valence-corrected chi connectivity index (χ2v) is 10.9. The maximum Gasteiger partial charge on any atom is 0.243 e. The number of ether oxygens (including phenoxy) is 1. The summed E-state index contributed by atoms with van der Waals surface area (Å²) in [6.45, 7) is 1.68. The molecule has 30 heavy (non-hydrogen) atoms. The van der Waals surface area contributed by atoms with Crippen molar-refractivity contribution in [3.05, 3.63) is 18.2 Å². The average molecular weight is 432 g/mol. The summed E-state index contributed by atoms with van der Waals surface area (Å²) in [7, 11) is -2.06. The molecule has 3 heterocycles. The molecule has 8 heteroatoms. The van der Waals surface area contributed by atoms with E-state index >= 15 is 0 Å². The normalized spacial score (nSPS) is 24.0. The molecule has 1 saturated heterocycles. The molecule has 1 aromatic carbocycles. The standard InChI is InChI=1S/C22H29N3O4S/c1-29-13-16-6-5-11-25(16)30(27,28)17-7-8-19-18(12-17)20(26)21-23-14-22(15-24(19)21)9-3-2-4-10-22/h7-8,12,14,16,26H,2-6,9-11,13,15H2,1H3/t16-/m0/s1. The Balaban J connectivity index is 1.54. The van der Waals surface area contributed by atoms with Crippen LogP contribution in [0.25, 0.3) is 10.9 Å². The van der Waals surface area contributed by atoms with Crippen LogP contribution in [0.5, 0.6) is 5.75 Å². The lowest BCUT2D eigenvalue weighted by atomic mass is 9.74. The monoisotopic (exact) mass is 431 g/mol. The fraction of sp³-hybridized carbons (Fsp3) is 0.591. The van der Waals surface area contributed by atoms with Gasteiger partial charge in [-0.15, -0.1) is 0 Å². The second kappa shape index (κ2) is 7.35. The molecular weight excluding hydrogens is 402 g/mol. The first-order valence-corrected chi connectivity index (χ1v) is 12.3. The fourth-order valence-corrected chi connectivity index (χ4v) is 7.18. The zero-order valence-electron chi connectivity index (χ0n) is 17.4. The van der Waals surface area contributed by atoms with Gasteiger partial charge in [-0.25, -0.2) is 13.4 Å². The van der Waals surface area contributed by atoms with Gasteiger partial charge < -0.3 is 14.4 Å². The molecule has 1 N–H and O–H groups in total. The van der Waals surface area contributed by atoms with Crippen LogP contribution in [0.2, 0.25) is 0 Å². The van der Waals surface area contributed by atoms with Crippen molar-refractivity contribution in [1.29, 1.82) is 0 Å². The third kappa shape index (κ3) is 3.08. The Labute approximate surface area is 177 Å². The fourth-order valence-electron chi connectivity index (χ4n) is 5.47. The van der Waals surface area contributed by atoms with Gasteiger partial charge in [-0.3, -0.25) is 0 Å². The Bertz CT molecular complexity index is 1100. The van der Waals surface area contributed by atoms with Crippen LogP contribution in [-0.2, 0) is 21.3 Å². The maximum absolute atomic E-state index is 13.3. The van der Waals surface area contributed by atoms with Crippen LogP contribution in [0.1, 0.15) is 44.9 Å². The highest BCUT2D eigenvalue weighted by atomic mass is 32.2. The molecule has 1 aromatic heterocycles. The molecule has 3 aliphatic rings. The zero-order chi connectivity index (χ0) is 20.9. The minimum atomic E-state index is -3.65. The first-order chi connectivity index (χ1) is 14.5. The number of rotatable bonds is 4. The van der Waals surface area contributed by atoms with Gasteiger partial charge in [0.1, 0.15) is 0 Å². The Morgan fingerprint density at radius 1 is 1.23 bits per heavy atom. The van der Waals surface area contributed by atoms with Crippen molar-refractivity contribution < 1.29 is 18.3 Å². The predicted octanol–water partition coefficient (Wildman–Crippen LogP) is 3.81. The minimum Gasteiger partial charge on any atom is -0.504 e. The summed E-state index contributed by atoms with van der Waals surface area (Å²) >= 11 is 0. The lowest BCUT2D eigenvalue weighted by Gasteiger charge is -2.36. The molecule has 0 bridgehead atoms. The highest BCUT2D eigenvalue weighted by Gasteiger charge is 2.38.